The Kier molecular flexibility index (Phi) is 62.1. The van der Waals surface area contributed by atoms with Crippen LogP contribution in [0.1, 0.15) is 362 Å². The van der Waals surface area contributed by atoms with Crippen LogP contribution in [0.4, 0.5) is 0 Å². The van der Waals surface area contributed by atoms with Gasteiger partial charge in [0, 0.05) is 25.7 Å². The summed E-state index contributed by atoms with van der Waals surface area (Å²) in [5.74, 6) is -1.39. The number of hydrogen-bond acceptors (Lipinski definition) is 15. The van der Waals surface area contributed by atoms with E-state index >= 15 is 0 Å². The second kappa shape index (κ2) is 63.5. The van der Waals surface area contributed by atoms with Gasteiger partial charge >= 0.3 is 39.5 Å². The zero-order valence-corrected chi connectivity index (χ0v) is 59.4. The fourth-order valence-corrected chi connectivity index (χ4v) is 12.2. The third-order valence-electron chi connectivity index (χ3n) is 16.3. The number of rotatable bonds is 70. The molecule has 0 saturated carbocycles. The Bertz CT molecular complexity index is 1720. The van der Waals surface area contributed by atoms with E-state index in [1.54, 1.807) is 0 Å². The molecule has 0 aromatic rings. The van der Waals surface area contributed by atoms with Crippen LogP contribution in [0, 0.1) is 5.92 Å². The third-order valence-corrected chi connectivity index (χ3v) is 18.2. The van der Waals surface area contributed by atoms with Gasteiger partial charge in [0.2, 0.25) is 0 Å². The van der Waals surface area contributed by atoms with Crippen molar-refractivity contribution in [2.24, 2.45) is 5.92 Å². The molecule has 0 radical (unpaired) electrons. The number of phosphoric ester groups is 2. The number of phosphoric acid groups is 2. The fourth-order valence-electron chi connectivity index (χ4n) is 10.6. The maximum absolute atomic E-state index is 13.0. The monoisotopic (exact) mass is 1310 g/mol. The van der Waals surface area contributed by atoms with E-state index < -0.39 is 97.5 Å². The van der Waals surface area contributed by atoms with Crippen molar-refractivity contribution in [1.82, 2.24) is 0 Å². The van der Waals surface area contributed by atoms with Crippen LogP contribution in [-0.2, 0) is 65.4 Å². The second-order valence-electron chi connectivity index (χ2n) is 25.7. The van der Waals surface area contributed by atoms with Gasteiger partial charge in [0.1, 0.15) is 19.3 Å². The van der Waals surface area contributed by atoms with Crippen molar-refractivity contribution in [3.05, 3.63) is 0 Å². The van der Waals surface area contributed by atoms with Gasteiger partial charge in [-0.3, -0.25) is 37.3 Å². The molecule has 0 aliphatic carbocycles. The Hall–Kier alpha value is -1.94. The number of carbonyl (C=O) groups is 4. The van der Waals surface area contributed by atoms with Crippen molar-refractivity contribution in [3.63, 3.8) is 0 Å². The first-order valence-corrected chi connectivity index (χ1v) is 39.6. The van der Waals surface area contributed by atoms with Gasteiger partial charge in [-0.25, -0.2) is 9.13 Å². The van der Waals surface area contributed by atoms with Crippen LogP contribution < -0.4 is 0 Å². The molecule has 5 atom stereocenters. The SMILES string of the molecule is CCCCCCCCCCCCCCCCCCC(=O)O[C@H](COC(=O)CCCCCCCCCCCCCCC)COP(=O)(O)OC[C@@H](O)COP(=O)(O)OC[C@@H](COC(=O)CCCCCCCCCC)OC(=O)CCCCCCCCCCCC(C)C. The molecule has 0 aromatic heterocycles. The Balaban J connectivity index is 5.22. The summed E-state index contributed by atoms with van der Waals surface area (Å²) in [6, 6.07) is 0. The van der Waals surface area contributed by atoms with E-state index in [4.69, 9.17) is 37.0 Å². The Morgan fingerprint density at radius 3 is 0.764 bits per heavy atom. The first-order valence-electron chi connectivity index (χ1n) is 36.6. The molecule has 0 bridgehead atoms. The molecule has 0 saturated heterocycles. The second-order valence-corrected chi connectivity index (χ2v) is 28.7. The standard InChI is InChI=1S/C70H136O17P2/c1-6-9-12-15-18-21-23-25-26-27-29-31-35-40-45-50-55-69(74)86-66(60-81-68(73)54-49-44-39-34-30-28-24-22-19-16-13-10-7-2)62-85-89(78,79)83-58-64(71)57-82-88(76,77)84-61-65(59-80-67(72)53-48-43-38-20-17-14-11-8-3)87-70(75)56-51-46-41-36-32-33-37-42-47-52-63(4)5/h63-66,71H,6-62H2,1-5H3,(H,76,77)(H,78,79)/t64-,65+,66+/m0/s1. The molecule has 89 heavy (non-hydrogen) atoms. The predicted molar refractivity (Wildman–Crippen MR) is 358 cm³/mol. The number of esters is 4. The molecule has 0 rings (SSSR count). The summed E-state index contributed by atoms with van der Waals surface area (Å²) in [5.41, 5.74) is 0. The van der Waals surface area contributed by atoms with E-state index in [2.05, 4.69) is 34.6 Å². The third kappa shape index (κ3) is 64.6. The van der Waals surface area contributed by atoms with Gasteiger partial charge in [0.15, 0.2) is 12.2 Å². The quantitative estimate of drug-likeness (QED) is 0.0222. The molecule has 0 fully saturated rings. The number of carbonyl (C=O) groups excluding carboxylic acids is 4. The van der Waals surface area contributed by atoms with Crippen LogP contribution in [0.25, 0.3) is 0 Å². The van der Waals surface area contributed by atoms with Gasteiger partial charge in [-0.15, -0.1) is 0 Å². The van der Waals surface area contributed by atoms with Crippen molar-refractivity contribution in [3.8, 4) is 0 Å². The van der Waals surface area contributed by atoms with E-state index in [0.29, 0.717) is 25.7 Å². The van der Waals surface area contributed by atoms with Crippen LogP contribution in [0.2, 0.25) is 0 Å². The highest BCUT2D eigenvalue weighted by Crippen LogP contribution is 2.45. The zero-order valence-electron chi connectivity index (χ0n) is 57.6. The van der Waals surface area contributed by atoms with Crippen LogP contribution >= 0.6 is 15.6 Å². The van der Waals surface area contributed by atoms with Gasteiger partial charge in [0.05, 0.1) is 26.4 Å². The summed E-state index contributed by atoms with van der Waals surface area (Å²) in [7, 11) is -9.90. The summed E-state index contributed by atoms with van der Waals surface area (Å²) >= 11 is 0. The minimum atomic E-state index is -4.95. The largest absolute Gasteiger partial charge is 0.472 e. The highest BCUT2D eigenvalue weighted by Gasteiger charge is 2.30. The summed E-state index contributed by atoms with van der Waals surface area (Å²) in [4.78, 5) is 72.5. The van der Waals surface area contributed by atoms with Crippen molar-refractivity contribution in [2.75, 3.05) is 39.6 Å². The number of aliphatic hydroxyl groups is 1. The molecule has 0 aliphatic heterocycles. The first-order chi connectivity index (χ1) is 43.0. The van der Waals surface area contributed by atoms with E-state index in [-0.39, 0.29) is 25.7 Å². The average molecular weight is 1310 g/mol. The molecule has 0 spiro atoms. The lowest BCUT2D eigenvalue weighted by atomic mass is 10.0. The fraction of sp³-hybridized carbons (Fsp3) is 0.943. The maximum atomic E-state index is 13.0. The van der Waals surface area contributed by atoms with Crippen LogP contribution in [-0.4, -0.2) is 96.7 Å². The minimum absolute atomic E-state index is 0.105. The molecule has 19 heteroatoms. The molecule has 528 valence electrons. The van der Waals surface area contributed by atoms with E-state index in [1.165, 1.54) is 180 Å². The topological polar surface area (TPSA) is 237 Å². The van der Waals surface area contributed by atoms with Crippen molar-refractivity contribution in [1.29, 1.82) is 0 Å². The molecule has 0 aromatic carbocycles. The molecular formula is C70H136O17P2. The molecule has 3 N–H and O–H groups in total. The summed E-state index contributed by atoms with van der Waals surface area (Å²) in [5, 5.41) is 10.6. The van der Waals surface area contributed by atoms with E-state index in [9.17, 15) is 43.2 Å². The van der Waals surface area contributed by atoms with E-state index in [0.717, 1.165) is 102 Å². The van der Waals surface area contributed by atoms with Gasteiger partial charge < -0.3 is 33.8 Å². The predicted octanol–water partition coefficient (Wildman–Crippen LogP) is 20.1. The molecular weight excluding hydrogens is 1170 g/mol. The highest BCUT2D eigenvalue weighted by atomic mass is 31.2. The summed E-state index contributed by atoms with van der Waals surface area (Å²) in [6.07, 6.45) is 49.9. The van der Waals surface area contributed by atoms with Gasteiger partial charge in [-0.1, -0.05) is 311 Å². The number of aliphatic hydroxyl groups excluding tert-OH is 1. The Morgan fingerprint density at radius 2 is 0.517 bits per heavy atom. The number of unbranched alkanes of at least 4 members (excludes halogenated alkanes) is 42. The van der Waals surface area contributed by atoms with Crippen LogP contribution in [0.5, 0.6) is 0 Å². The molecule has 0 heterocycles. The van der Waals surface area contributed by atoms with Crippen LogP contribution in [0.15, 0.2) is 0 Å². The lowest BCUT2D eigenvalue weighted by molar-refractivity contribution is -0.161. The summed E-state index contributed by atoms with van der Waals surface area (Å²) < 4.78 is 68.2. The number of hydrogen-bond donors (Lipinski definition) is 3. The Labute approximate surface area is 543 Å². The van der Waals surface area contributed by atoms with Crippen molar-refractivity contribution < 1.29 is 80.2 Å². The van der Waals surface area contributed by atoms with Gasteiger partial charge in [0.25, 0.3) is 0 Å². The average Bonchev–Trinajstić information content (AvgIpc) is 3.58. The zero-order chi connectivity index (χ0) is 65.6. The van der Waals surface area contributed by atoms with Gasteiger partial charge in [-0.2, -0.15) is 0 Å². The van der Waals surface area contributed by atoms with E-state index in [1.807, 2.05) is 0 Å². The number of ether oxygens (including phenoxy) is 4. The first kappa shape index (κ1) is 87.1. The van der Waals surface area contributed by atoms with Crippen LogP contribution in [0.3, 0.4) is 0 Å². The lowest BCUT2D eigenvalue weighted by Crippen LogP contribution is -2.30. The normalized spacial score (nSPS) is 14.1. The van der Waals surface area contributed by atoms with Crippen molar-refractivity contribution in [2.45, 2.75) is 380 Å². The Morgan fingerprint density at radius 1 is 0.303 bits per heavy atom. The maximum Gasteiger partial charge on any atom is 0.472 e. The molecule has 0 amide bonds. The molecule has 0 aliphatic rings. The minimum Gasteiger partial charge on any atom is -0.462 e. The molecule has 17 nitrogen and oxygen atoms in total. The smallest absolute Gasteiger partial charge is 0.462 e. The summed E-state index contributed by atoms with van der Waals surface area (Å²) in [6.45, 7) is 7.20. The molecule has 2 unspecified atom stereocenters. The van der Waals surface area contributed by atoms with Crippen molar-refractivity contribution >= 4 is 39.5 Å². The van der Waals surface area contributed by atoms with Gasteiger partial charge in [-0.05, 0) is 31.6 Å². The lowest BCUT2D eigenvalue weighted by Gasteiger charge is -2.21. The highest BCUT2D eigenvalue weighted by molar-refractivity contribution is 7.47.